The zero-order valence-corrected chi connectivity index (χ0v) is 14.0. The van der Waals surface area contributed by atoms with E-state index in [4.69, 9.17) is 10.00 Å². The maximum absolute atomic E-state index is 11.7. The fourth-order valence-corrected chi connectivity index (χ4v) is 3.07. The summed E-state index contributed by atoms with van der Waals surface area (Å²) in [6, 6.07) is 13.0. The number of carbonyl (C=O) groups is 1. The van der Waals surface area contributed by atoms with Gasteiger partial charge < -0.3 is 10.1 Å². The highest BCUT2D eigenvalue weighted by atomic mass is 79.9. The molecule has 0 aliphatic carbocycles. The molecule has 4 nitrogen and oxygen atoms in total. The summed E-state index contributed by atoms with van der Waals surface area (Å²) in [6.45, 7) is 0.538. The van der Waals surface area contributed by atoms with Crippen molar-refractivity contribution < 1.29 is 9.53 Å². The van der Waals surface area contributed by atoms with Gasteiger partial charge in [0.1, 0.15) is 11.8 Å². The maximum Gasteiger partial charge on any atom is 0.244 e. The zero-order valence-electron chi connectivity index (χ0n) is 11.6. The number of nitrogens with zero attached hydrogens (tertiary/aromatic N) is 1. The molecule has 0 atom stereocenters. The van der Waals surface area contributed by atoms with Gasteiger partial charge in [-0.2, -0.15) is 5.26 Å². The van der Waals surface area contributed by atoms with E-state index in [0.717, 1.165) is 14.2 Å². The van der Waals surface area contributed by atoms with Gasteiger partial charge in [-0.25, -0.2) is 0 Å². The van der Waals surface area contributed by atoms with Crippen molar-refractivity contribution in [3.05, 3.63) is 56.7 Å². The van der Waals surface area contributed by atoms with Gasteiger partial charge in [0.05, 0.1) is 10.3 Å². The van der Waals surface area contributed by atoms with Crippen LogP contribution in [0.5, 0.6) is 5.75 Å². The van der Waals surface area contributed by atoms with E-state index in [1.807, 2.05) is 30.3 Å². The predicted molar refractivity (Wildman–Crippen MR) is 90.4 cm³/mol. The third-order valence-electron chi connectivity index (χ3n) is 2.68. The summed E-state index contributed by atoms with van der Waals surface area (Å²) in [5, 5.41) is 11.3. The molecule has 0 fully saturated rings. The topological polar surface area (TPSA) is 62.1 Å². The maximum atomic E-state index is 11.7. The lowest BCUT2D eigenvalue weighted by atomic mass is 10.2. The average Bonchev–Trinajstić information content (AvgIpc) is 2.95. The van der Waals surface area contributed by atoms with E-state index in [-0.39, 0.29) is 12.5 Å². The standard InChI is InChI=1S/C16H13BrN2O2S/c17-15-7-6-14(22-15)11-19-16(20)8-3-12-1-4-13(5-2-12)21-10-9-18/h1-8H,10-11H2,(H,19,20)/b8-3+. The average molecular weight is 377 g/mol. The summed E-state index contributed by atoms with van der Waals surface area (Å²) in [5.74, 6) is 0.487. The number of halogens is 1. The van der Waals surface area contributed by atoms with Crippen LogP contribution < -0.4 is 10.1 Å². The number of hydrogen-bond donors (Lipinski definition) is 1. The van der Waals surface area contributed by atoms with Gasteiger partial charge in [-0.15, -0.1) is 11.3 Å². The van der Waals surface area contributed by atoms with Gasteiger partial charge in [-0.05, 0) is 51.8 Å². The number of rotatable bonds is 6. The number of benzene rings is 1. The highest BCUT2D eigenvalue weighted by Crippen LogP contribution is 2.21. The summed E-state index contributed by atoms with van der Waals surface area (Å²) < 4.78 is 6.21. The Balaban J connectivity index is 1.82. The highest BCUT2D eigenvalue weighted by Gasteiger charge is 2.00. The molecule has 0 aliphatic heterocycles. The first-order valence-electron chi connectivity index (χ1n) is 6.47. The molecule has 1 amide bonds. The van der Waals surface area contributed by atoms with Crippen molar-refractivity contribution in [2.45, 2.75) is 6.54 Å². The molecule has 2 rings (SSSR count). The van der Waals surface area contributed by atoms with E-state index in [9.17, 15) is 4.79 Å². The lowest BCUT2D eigenvalue weighted by molar-refractivity contribution is -0.116. The second-order valence-corrected chi connectivity index (χ2v) is 6.82. The van der Waals surface area contributed by atoms with Gasteiger partial charge in [0.15, 0.2) is 6.61 Å². The lowest BCUT2D eigenvalue weighted by Gasteiger charge is -2.01. The lowest BCUT2D eigenvalue weighted by Crippen LogP contribution is -2.19. The van der Waals surface area contributed by atoms with Gasteiger partial charge >= 0.3 is 0 Å². The highest BCUT2D eigenvalue weighted by molar-refractivity contribution is 9.11. The Morgan fingerprint density at radius 1 is 1.32 bits per heavy atom. The number of nitrogens with one attached hydrogen (secondary N) is 1. The minimum atomic E-state index is -0.144. The zero-order chi connectivity index (χ0) is 15.8. The Kier molecular flexibility index (Phi) is 6.19. The second-order valence-electron chi connectivity index (χ2n) is 4.27. The van der Waals surface area contributed by atoms with E-state index in [1.54, 1.807) is 29.5 Å². The van der Waals surface area contributed by atoms with Crippen LogP contribution in [0.15, 0.2) is 46.3 Å². The van der Waals surface area contributed by atoms with E-state index >= 15 is 0 Å². The molecule has 0 saturated carbocycles. The first-order chi connectivity index (χ1) is 10.7. The van der Waals surface area contributed by atoms with Crippen molar-refractivity contribution in [3.63, 3.8) is 0 Å². The molecular weight excluding hydrogens is 364 g/mol. The summed E-state index contributed by atoms with van der Waals surface area (Å²) in [4.78, 5) is 12.8. The van der Waals surface area contributed by atoms with Crippen LogP contribution in [0.4, 0.5) is 0 Å². The smallest absolute Gasteiger partial charge is 0.244 e. The van der Waals surface area contributed by atoms with Gasteiger partial charge in [-0.3, -0.25) is 4.79 Å². The number of ether oxygens (including phenoxy) is 1. The van der Waals surface area contributed by atoms with Crippen LogP contribution in [-0.4, -0.2) is 12.5 Å². The van der Waals surface area contributed by atoms with Crippen LogP contribution in [0.25, 0.3) is 6.08 Å². The van der Waals surface area contributed by atoms with Crippen molar-refractivity contribution >= 4 is 39.2 Å². The first kappa shape index (κ1) is 16.3. The van der Waals surface area contributed by atoms with Gasteiger partial charge in [0.2, 0.25) is 5.91 Å². The fraction of sp³-hybridized carbons (Fsp3) is 0.125. The molecular formula is C16H13BrN2O2S. The molecule has 0 bridgehead atoms. The molecule has 0 spiro atoms. The number of thiophene rings is 1. The molecule has 0 unspecified atom stereocenters. The van der Waals surface area contributed by atoms with Crippen LogP contribution >= 0.6 is 27.3 Å². The third kappa shape index (κ3) is 5.35. The quantitative estimate of drug-likeness (QED) is 0.780. The van der Waals surface area contributed by atoms with E-state index in [1.165, 1.54) is 6.08 Å². The van der Waals surface area contributed by atoms with Gasteiger partial charge in [0, 0.05) is 11.0 Å². The van der Waals surface area contributed by atoms with Crippen LogP contribution in [0.1, 0.15) is 10.4 Å². The minimum Gasteiger partial charge on any atom is -0.479 e. The van der Waals surface area contributed by atoms with Crippen molar-refractivity contribution in [1.82, 2.24) is 5.32 Å². The molecule has 1 aromatic carbocycles. The number of nitriles is 1. The molecule has 2 aromatic rings. The molecule has 112 valence electrons. The Bertz CT molecular complexity index is 702. The molecule has 1 N–H and O–H groups in total. The van der Waals surface area contributed by atoms with Crippen LogP contribution in [0.2, 0.25) is 0 Å². The molecule has 6 heteroatoms. The monoisotopic (exact) mass is 376 g/mol. The Morgan fingerprint density at radius 2 is 2.09 bits per heavy atom. The molecule has 0 radical (unpaired) electrons. The molecule has 1 aromatic heterocycles. The van der Waals surface area contributed by atoms with Crippen LogP contribution in [0, 0.1) is 11.3 Å². The van der Waals surface area contributed by atoms with Crippen LogP contribution in [-0.2, 0) is 11.3 Å². The number of hydrogen-bond acceptors (Lipinski definition) is 4. The van der Waals surface area contributed by atoms with Crippen molar-refractivity contribution in [1.29, 1.82) is 5.26 Å². The first-order valence-corrected chi connectivity index (χ1v) is 8.08. The number of carbonyl (C=O) groups excluding carboxylic acids is 1. The Morgan fingerprint density at radius 3 is 2.73 bits per heavy atom. The van der Waals surface area contributed by atoms with Crippen LogP contribution in [0.3, 0.4) is 0 Å². The van der Waals surface area contributed by atoms with Crippen molar-refractivity contribution in [2.75, 3.05) is 6.61 Å². The predicted octanol–water partition coefficient (Wildman–Crippen LogP) is 3.74. The van der Waals surface area contributed by atoms with E-state index in [2.05, 4.69) is 21.2 Å². The second kappa shape index (κ2) is 8.37. The summed E-state index contributed by atoms with van der Waals surface area (Å²) in [6.07, 6.45) is 3.22. The Labute approximate surface area is 141 Å². The molecule has 0 saturated heterocycles. The fourth-order valence-electron chi connectivity index (χ4n) is 1.64. The summed E-state index contributed by atoms with van der Waals surface area (Å²) >= 11 is 4.98. The SMILES string of the molecule is N#CCOc1ccc(/C=C/C(=O)NCc2ccc(Br)s2)cc1. The largest absolute Gasteiger partial charge is 0.479 e. The minimum absolute atomic E-state index is 0.0242. The molecule has 0 aliphatic rings. The van der Waals surface area contributed by atoms with Crippen molar-refractivity contribution in [3.8, 4) is 11.8 Å². The molecule has 22 heavy (non-hydrogen) atoms. The summed E-state index contributed by atoms with van der Waals surface area (Å²) in [7, 11) is 0. The molecule has 1 heterocycles. The Hall–Kier alpha value is -2.10. The normalized spacial score (nSPS) is 10.4. The van der Waals surface area contributed by atoms with Gasteiger partial charge in [0.25, 0.3) is 0 Å². The van der Waals surface area contributed by atoms with Crippen molar-refractivity contribution in [2.24, 2.45) is 0 Å². The van der Waals surface area contributed by atoms with E-state index in [0.29, 0.717) is 12.3 Å². The third-order valence-corrected chi connectivity index (χ3v) is 4.30. The van der Waals surface area contributed by atoms with Gasteiger partial charge in [-0.1, -0.05) is 12.1 Å². The summed E-state index contributed by atoms with van der Waals surface area (Å²) in [5.41, 5.74) is 0.887. The van der Waals surface area contributed by atoms with E-state index < -0.39 is 0 Å². The number of amides is 1.